The van der Waals surface area contributed by atoms with Crippen molar-refractivity contribution < 1.29 is 13.5 Å². The Morgan fingerprint density at radius 1 is 1.09 bits per heavy atom. The Balaban J connectivity index is 1.58. The normalized spacial score (nSPS) is 14.3. The van der Waals surface area contributed by atoms with Crippen LogP contribution < -0.4 is 4.90 Å². The number of allylic oxidation sites excluding steroid dienone is 2. The van der Waals surface area contributed by atoms with Crippen LogP contribution in [0.2, 0.25) is 0 Å². The third-order valence-corrected chi connectivity index (χ3v) is 6.01. The van der Waals surface area contributed by atoms with E-state index in [0.717, 1.165) is 40.2 Å². The molecule has 0 fully saturated rings. The molecule has 0 saturated heterocycles. The molecule has 0 N–H and O–H groups in total. The molecule has 3 heterocycles. The molecule has 182 valence electrons. The summed E-state index contributed by atoms with van der Waals surface area (Å²) in [5.41, 5.74) is 4.38. The van der Waals surface area contributed by atoms with Crippen LogP contribution in [0.15, 0.2) is 65.3 Å². The molecule has 0 atom stereocenters. The molecule has 0 aliphatic carbocycles. The third-order valence-electron chi connectivity index (χ3n) is 5.70. The first-order valence-corrected chi connectivity index (χ1v) is 11.6. The molecule has 8 heteroatoms. The maximum Gasteiger partial charge on any atom is 0.137 e. The van der Waals surface area contributed by atoms with Gasteiger partial charge in [0.2, 0.25) is 0 Å². The minimum atomic E-state index is -0.655. The Morgan fingerprint density at radius 2 is 1.86 bits per heavy atom. The van der Waals surface area contributed by atoms with Gasteiger partial charge in [0.1, 0.15) is 29.8 Å². The lowest BCUT2D eigenvalue weighted by Crippen LogP contribution is -2.27. The molecule has 0 unspecified atom stereocenters. The fraction of sp³-hybridized carbons (Fsp3) is 0.296. The zero-order chi connectivity index (χ0) is 25.3. The molecule has 0 bridgehead atoms. The molecule has 0 amide bonds. The van der Waals surface area contributed by atoms with Gasteiger partial charge in [0, 0.05) is 46.8 Å². The number of hydrogen-bond acceptors (Lipinski definition) is 5. The van der Waals surface area contributed by atoms with Crippen LogP contribution in [0.3, 0.4) is 0 Å². The fourth-order valence-corrected chi connectivity index (χ4v) is 3.92. The van der Waals surface area contributed by atoms with Gasteiger partial charge in [0.25, 0.3) is 0 Å². The predicted molar refractivity (Wildman–Crippen MR) is 134 cm³/mol. The van der Waals surface area contributed by atoms with Gasteiger partial charge in [0.15, 0.2) is 0 Å². The molecule has 0 radical (unpaired) electrons. The van der Waals surface area contributed by atoms with E-state index in [4.69, 9.17) is 21.3 Å². The molecule has 4 rings (SSSR count). The Hall–Kier alpha value is -3.32. The van der Waals surface area contributed by atoms with E-state index in [2.05, 4.69) is 30.7 Å². The number of nitrogens with zero attached hydrogens (tertiary/aromatic N) is 4. The van der Waals surface area contributed by atoms with Crippen molar-refractivity contribution in [3.8, 4) is 11.3 Å². The van der Waals surface area contributed by atoms with E-state index in [0.29, 0.717) is 17.3 Å². The van der Waals surface area contributed by atoms with Crippen molar-refractivity contribution in [1.29, 1.82) is 0 Å². The molecule has 3 aromatic rings. The number of aromatic nitrogens is 3. The molecule has 1 aliphatic heterocycles. The molecule has 1 aliphatic rings. The summed E-state index contributed by atoms with van der Waals surface area (Å²) in [6, 6.07) is 7.31. The maximum absolute atomic E-state index is 14.0. The van der Waals surface area contributed by atoms with Crippen LogP contribution in [0.1, 0.15) is 44.8 Å². The average molecular weight is 497 g/mol. The van der Waals surface area contributed by atoms with Crippen molar-refractivity contribution in [2.24, 2.45) is 0 Å². The first-order chi connectivity index (χ1) is 16.5. The zero-order valence-corrected chi connectivity index (χ0v) is 21.1. The summed E-state index contributed by atoms with van der Waals surface area (Å²) >= 11 is 6.58. The second-order valence-corrected chi connectivity index (χ2v) is 9.97. The monoisotopic (exact) mass is 496 g/mol. The lowest BCUT2D eigenvalue weighted by molar-refractivity contribution is 0.204. The summed E-state index contributed by atoms with van der Waals surface area (Å²) in [7, 11) is 0. The van der Waals surface area contributed by atoms with Gasteiger partial charge in [-0.25, -0.2) is 18.7 Å². The number of ether oxygens (including phenoxy) is 1. The molecule has 2 aromatic heterocycles. The van der Waals surface area contributed by atoms with Crippen LogP contribution in [-0.4, -0.2) is 21.5 Å². The van der Waals surface area contributed by atoms with Crippen molar-refractivity contribution in [2.75, 3.05) is 11.4 Å². The van der Waals surface area contributed by atoms with Crippen molar-refractivity contribution in [3.05, 3.63) is 94.0 Å². The van der Waals surface area contributed by atoms with E-state index in [1.54, 1.807) is 12.4 Å². The largest absolute Gasteiger partial charge is 0.487 e. The third kappa shape index (κ3) is 5.51. The predicted octanol–water partition coefficient (Wildman–Crippen LogP) is 6.81. The van der Waals surface area contributed by atoms with Crippen LogP contribution in [0.25, 0.3) is 11.3 Å². The highest BCUT2D eigenvalue weighted by Crippen LogP contribution is 2.33. The van der Waals surface area contributed by atoms with Gasteiger partial charge < -0.3 is 9.64 Å². The van der Waals surface area contributed by atoms with Gasteiger partial charge in [-0.15, -0.1) is 0 Å². The van der Waals surface area contributed by atoms with E-state index in [9.17, 15) is 8.78 Å². The maximum atomic E-state index is 14.0. The van der Waals surface area contributed by atoms with Crippen molar-refractivity contribution >= 4 is 17.3 Å². The summed E-state index contributed by atoms with van der Waals surface area (Å²) in [5.74, 6) is -0.0684. The zero-order valence-electron chi connectivity index (χ0n) is 20.4. The van der Waals surface area contributed by atoms with Crippen LogP contribution in [0.5, 0.6) is 0 Å². The standard InChI is InChI=1S/C27H27ClF2N4O/c1-16-10-25(35-15-18-6-7-20(29)12-22(18)30)21(28)14-34(16)24-11-19(13-32-17(24)2)23-8-9-31-26(33-23)27(3,4)5/h6-13H,14-15H2,1-5H3. The van der Waals surface area contributed by atoms with E-state index in [1.165, 1.54) is 12.1 Å². The summed E-state index contributed by atoms with van der Waals surface area (Å²) in [4.78, 5) is 15.8. The number of halogens is 3. The molecule has 0 saturated carbocycles. The number of aryl methyl sites for hydroxylation is 1. The van der Waals surface area contributed by atoms with Gasteiger partial charge in [0.05, 0.1) is 28.7 Å². The molecular weight excluding hydrogens is 470 g/mol. The summed E-state index contributed by atoms with van der Waals surface area (Å²) in [6.45, 7) is 10.4. The van der Waals surface area contributed by atoms with E-state index in [-0.39, 0.29) is 17.6 Å². The summed E-state index contributed by atoms with van der Waals surface area (Å²) < 4.78 is 32.9. The fourth-order valence-electron chi connectivity index (χ4n) is 3.69. The van der Waals surface area contributed by atoms with Crippen molar-refractivity contribution in [3.63, 3.8) is 0 Å². The van der Waals surface area contributed by atoms with Gasteiger partial charge in [-0.1, -0.05) is 32.4 Å². The second-order valence-electron chi connectivity index (χ2n) is 9.51. The van der Waals surface area contributed by atoms with Crippen molar-refractivity contribution in [2.45, 2.75) is 46.6 Å². The highest BCUT2D eigenvalue weighted by atomic mass is 35.5. The Kier molecular flexibility index (Phi) is 6.90. The average Bonchev–Trinajstić information content (AvgIpc) is 2.80. The van der Waals surface area contributed by atoms with E-state index < -0.39 is 11.6 Å². The van der Waals surface area contributed by atoms with Crippen LogP contribution in [0.4, 0.5) is 14.5 Å². The van der Waals surface area contributed by atoms with Crippen LogP contribution >= 0.6 is 11.6 Å². The number of hydrogen-bond donors (Lipinski definition) is 0. The van der Waals surface area contributed by atoms with E-state index in [1.807, 2.05) is 37.0 Å². The highest BCUT2D eigenvalue weighted by molar-refractivity contribution is 6.30. The smallest absolute Gasteiger partial charge is 0.137 e. The molecule has 5 nitrogen and oxygen atoms in total. The number of rotatable bonds is 5. The molecule has 0 spiro atoms. The Morgan fingerprint density at radius 3 is 2.57 bits per heavy atom. The minimum Gasteiger partial charge on any atom is -0.487 e. The molecular formula is C27H27ClF2N4O. The SMILES string of the molecule is CC1=CC(OCc2ccc(F)cc2F)=C(Cl)CN1c1cc(-c2ccnc(C(C)(C)C)n2)cnc1C. The van der Waals surface area contributed by atoms with Crippen LogP contribution in [0, 0.1) is 18.6 Å². The molecule has 1 aromatic carbocycles. The van der Waals surface area contributed by atoms with Crippen molar-refractivity contribution in [1.82, 2.24) is 15.0 Å². The summed E-state index contributed by atoms with van der Waals surface area (Å²) in [5, 5.41) is 0.472. The molecule has 35 heavy (non-hydrogen) atoms. The highest BCUT2D eigenvalue weighted by Gasteiger charge is 2.23. The van der Waals surface area contributed by atoms with E-state index >= 15 is 0 Å². The second kappa shape index (κ2) is 9.74. The van der Waals surface area contributed by atoms with Gasteiger partial charge >= 0.3 is 0 Å². The van der Waals surface area contributed by atoms with Gasteiger partial charge in [-0.3, -0.25) is 4.98 Å². The number of anilines is 1. The lowest BCUT2D eigenvalue weighted by Gasteiger charge is -2.31. The minimum absolute atomic E-state index is 0.0542. The summed E-state index contributed by atoms with van der Waals surface area (Å²) in [6.07, 6.45) is 5.38. The number of pyridine rings is 1. The number of benzene rings is 1. The first-order valence-electron chi connectivity index (χ1n) is 11.2. The Bertz CT molecular complexity index is 1330. The quantitative estimate of drug-likeness (QED) is 0.388. The van der Waals surface area contributed by atoms with Gasteiger partial charge in [-0.05, 0) is 38.1 Å². The van der Waals surface area contributed by atoms with Crippen LogP contribution in [-0.2, 0) is 16.8 Å². The first kappa shape index (κ1) is 24.8. The topological polar surface area (TPSA) is 51.1 Å². The Labute approximate surface area is 209 Å². The van der Waals surface area contributed by atoms with Gasteiger partial charge in [-0.2, -0.15) is 0 Å². The lowest BCUT2D eigenvalue weighted by atomic mass is 9.95.